The minimum Gasteiger partial charge on any atom is -0.466 e. The van der Waals surface area contributed by atoms with Gasteiger partial charge in [-0.3, -0.25) is 14.7 Å². The third-order valence-corrected chi connectivity index (χ3v) is 3.52. The summed E-state index contributed by atoms with van der Waals surface area (Å²) in [5.41, 5.74) is 5.81. The zero-order valence-electron chi connectivity index (χ0n) is 11.5. The van der Waals surface area contributed by atoms with Crippen molar-refractivity contribution in [2.24, 2.45) is 5.92 Å². The summed E-state index contributed by atoms with van der Waals surface area (Å²) in [5.74, 6) is -0.0838. The van der Waals surface area contributed by atoms with Crippen LogP contribution in [0.2, 0.25) is 0 Å². The van der Waals surface area contributed by atoms with Crippen molar-refractivity contribution in [3.05, 3.63) is 11.8 Å². The number of ether oxygens (including phenoxy) is 1. The molecular formula is C13H20N4O3. The maximum atomic E-state index is 11.9. The van der Waals surface area contributed by atoms with E-state index in [1.54, 1.807) is 6.92 Å². The highest BCUT2D eigenvalue weighted by molar-refractivity contribution is 5.93. The van der Waals surface area contributed by atoms with Crippen LogP contribution >= 0.6 is 0 Å². The Bertz CT molecular complexity index is 478. The van der Waals surface area contributed by atoms with E-state index in [1.807, 2.05) is 0 Å². The molecule has 1 fully saturated rings. The number of hydrogen-bond donors (Lipinski definition) is 3. The van der Waals surface area contributed by atoms with Gasteiger partial charge in [0, 0.05) is 12.1 Å². The summed E-state index contributed by atoms with van der Waals surface area (Å²) in [4.78, 5) is 23.5. The van der Waals surface area contributed by atoms with Crippen LogP contribution in [0.1, 0.15) is 43.1 Å². The van der Waals surface area contributed by atoms with Crippen molar-refractivity contribution >= 4 is 17.7 Å². The Labute approximate surface area is 117 Å². The largest absolute Gasteiger partial charge is 0.466 e. The van der Waals surface area contributed by atoms with Gasteiger partial charge >= 0.3 is 5.97 Å². The molecule has 7 nitrogen and oxygen atoms in total. The number of aromatic nitrogens is 2. The maximum absolute atomic E-state index is 11.9. The van der Waals surface area contributed by atoms with Crippen molar-refractivity contribution in [3.63, 3.8) is 0 Å². The van der Waals surface area contributed by atoms with Gasteiger partial charge in [0.15, 0.2) is 0 Å². The average molecular weight is 280 g/mol. The number of nitrogens with one attached hydrogen (secondary N) is 2. The fourth-order valence-electron chi connectivity index (χ4n) is 2.45. The first kappa shape index (κ1) is 14.4. The predicted octanol–water partition coefficient (Wildman–Crippen LogP) is 0.844. The average Bonchev–Trinajstić information content (AvgIpc) is 2.86. The first-order valence-electron chi connectivity index (χ1n) is 6.88. The Balaban J connectivity index is 1.80. The molecule has 0 saturated heterocycles. The molecule has 7 heteroatoms. The van der Waals surface area contributed by atoms with Gasteiger partial charge in [-0.2, -0.15) is 5.10 Å². The van der Waals surface area contributed by atoms with E-state index >= 15 is 0 Å². The summed E-state index contributed by atoms with van der Waals surface area (Å²) < 4.78 is 5.02. The molecule has 20 heavy (non-hydrogen) atoms. The molecule has 0 bridgehead atoms. The van der Waals surface area contributed by atoms with E-state index in [1.165, 1.54) is 6.07 Å². The highest BCUT2D eigenvalue weighted by Crippen LogP contribution is 2.25. The Kier molecular flexibility index (Phi) is 4.60. The summed E-state index contributed by atoms with van der Waals surface area (Å²) >= 11 is 0. The lowest BCUT2D eigenvalue weighted by atomic mass is 9.86. The second-order valence-electron chi connectivity index (χ2n) is 4.98. The van der Waals surface area contributed by atoms with Crippen LogP contribution in [0.4, 0.5) is 5.82 Å². The maximum Gasteiger partial charge on any atom is 0.308 e. The van der Waals surface area contributed by atoms with Gasteiger partial charge in [-0.25, -0.2) is 0 Å². The molecule has 1 heterocycles. The first-order chi connectivity index (χ1) is 9.60. The van der Waals surface area contributed by atoms with Crippen LogP contribution in [0.5, 0.6) is 0 Å². The van der Waals surface area contributed by atoms with Crippen LogP contribution in [-0.4, -0.2) is 34.7 Å². The minimum absolute atomic E-state index is 0.0362. The van der Waals surface area contributed by atoms with Gasteiger partial charge in [0.25, 0.3) is 5.91 Å². The molecule has 1 aliphatic rings. The number of nitrogen functional groups attached to an aromatic ring is 1. The fraction of sp³-hybridized carbons (Fsp3) is 0.615. The third-order valence-electron chi connectivity index (χ3n) is 3.52. The van der Waals surface area contributed by atoms with Crippen molar-refractivity contribution < 1.29 is 14.3 Å². The molecule has 1 aromatic heterocycles. The number of H-pyrrole nitrogens is 1. The van der Waals surface area contributed by atoms with Gasteiger partial charge in [-0.1, -0.05) is 0 Å². The van der Waals surface area contributed by atoms with Crippen LogP contribution in [0.25, 0.3) is 0 Å². The third kappa shape index (κ3) is 3.49. The second-order valence-corrected chi connectivity index (χ2v) is 4.98. The molecule has 0 aromatic carbocycles. The molecule has 0 aliphatic heterocycles. The van der Waals surface area contributed by atoms with Crippen LogP contribution in [0, 0.1) is 5.92 Å². The van der Waals surface area contributed by atoms with E-state index in [-0.39, 0.29) is 23.8 Å². The molecule has 2 rings (SSSR count). The number of hydrogen-bond acceptors (Lipinski definition) is 5. The summed E-state index contributed by atoms with van der Waals surface area (Å²) in [6.45, 7) is 2.22. The van der Waals surface area contributed by atoms with Crippen LogP contribution < -0.4 is 11.1 Å². The zero-order chi connectivity index (χ0) is 14.5. The van der Waals surface area contributed by atoms with E-state index in [2.05, 4.69) is 15.5 Å². The lowest BCUT2D eigenvalue weighted by Gasteiger charge is -2.27. The van der Waals surface area contributed by atoms with Gasteiger partial charge < -0.3 is 15.8 Å². The van der Waals surface area contributed by atoms with Gasteiger partial charge in [-0.05, 0) is 32.6 Å². The molecule has 0 radical (unpaired) electrons. The first-order valence-corrected chi connectivity index (χ1v) is 6.88. The predicted molar refractivity (Wildman–Crippen MR) is 72.8 cm³/mol. The molecular weight excluding hydrogens is 260 g/mol. The van der Waals surface area contributed by atoms with Crippen molar-refractivity contribution in [1.82, 2.24) is 15.5 Å². The molecule has 110 valence electrons. The van der Waals surface area contributed by atoms with Gasteiger partial charge in [0.2, 0.25) is 0 Å². The molecule has 0 spiro atoms. The number of esters is 1. The molecule has 1 amide bonds. The molecule has 1 aromatic rings. The van der Waals surface area contributed by atoms with Gasteiger partial charge in [0.05, 0.1) is 12.5 Å². The monoisotopic (exact) mass is 280 g/mol. The number of anilines is 1. The standard InChI is InChI=1S/C13H20N4O3/c1-2-20-13(19)8-3-5-9(6-4-8)15-12(18)10-7-11(14)17-16-10/h7-9H,2-6H2,1H3,(H,15,18)(H3,14,16,17). The topological polar surface area (TPSA) is 110 Å². The molecule has 0 unspecified atom stereocenters. The van der Waals surface area contributed by atoms with E-state index in [9.17, 15) is 9.59 Å². The Morgan fingerprint density at radius 1 is 1.45 bits per heavy atom. The summed E-state index contributed by atoms with van der Waals surface area (Å²) in [7, 11) is 0. The van der Waals surface area contributed by atoms with Crippen LogP contribution in [0.15, 0.2) is 6.07 Å². The fourth-order valence-corrected chi connectivity index (χ4v) is 2.45. The summed E-state index contributed by atoms with van der Waals surface area (Å²) in [5, 5.41) is 9.22. The number of carbonyl (C=O) groups is 2. The molecule has 1 aliphatic carbocycles. The highest BCUT2D eigenvalue weighted by Gasteiger charge is 2.28. The lowest BCUT2D eigenvalue weighted by molar-refractivity contribution is -0.149. The zero-order valence-corrected chi connectivity index (χ0v) is 11.5. The van der Waals surface area contributed by atoms with Crippen LogP contribution in [-0.2, 0) is 9.53 Å². The van der Waals surface area contributed by atoms with Crippen LogP contribution in [0.3, 0.4) is 0 Å². The Hall–Kier alpha value is -2.05. The van der Waals surface area contributed by atoms with E-state index in [4.69, 9.17) is 10.5 Å². The number of aromatic amines is 1. The quantitative estimate of drug-likeness (QED) is 0.708. The number of nitrogens with zero attached hydrogens (tertiary/aromatic N) is 1. The summed E-state index contributed by atoms with van der Waals surface area (Å²) in [6, 6.07) is 1.58. The normalized spacial score (nSPS) is 22.2. The lowest BCUT2D eigenvalue weighted by Crippen LogP contribution is -2.39. The van der Waals surface area contributed by atoms with Gasteiger partial charge in [0.1, 0.15) is 11.5 Å². The smallest absolute Gasteiger partial charge is 0.308 e. The second kappa shape index (κ2) is 6.40. The van der Waals surface area contributed by atoms with Crippen molar-refractivity contribution in [1.29, 1.82) is 0 Å². The number of rotatable bonds is 4. The number of carbonyl (C=O) groups excluding carboxylic acids is 2. The molecule has 1 saturated carbocycles. The van der Waals surface area contributed by atoms with Gasteiger partial charge in [-0.15, -0.1) is 0 Å². The van der Waals surface area contributed by atoms with Crippen molar-refractivity contribution in [2.45, 2.75) is 38.6 Å². The highest BCUT2D eigenvalue weighted by atomic mass is 16.5. The number of nitrogens with two attached hydrogens (primary N) is 1. The van der Waals surface area contributed by atoms with E-state index in [0.717, 1.165) is 25.7 Å². The van der Waals surface area contributed by atoms with Crippen molar-refractivity contribution in [3.8, 4) is 0 Å². The SMILES string of the molecule is CCOC(=O)C1CCC(NC(=O)c2cc(N)n[nH]2)CC1. The Morgan fingerprint density at radius 3 is 2.70 bits per heavy atom. The summed E-state index contributed by atoms with van der Waals surface area (Å²) in [6.07, 6.45) is 3.04. The van der Waals surface area contributed by atoms with E-state index < -0.39 is 0 Å². The Morgan fingerprint density at radius 2 is 2.15 bits per heavy atom. The van der Waals surface area contributed by atoms with Crippen molar-refractivity contribution in [2.75, 3.05) is 12.3 Å². The number of amides is 1. The van der Waals surface area contributed by atoms with E-state index in [0.29, 0.717) is 18.1 Å². The molecule has 0 atom stereocenters. The molecule has 4 N–H and O–H groups in total. The minimum atomic E-state index is -0.214.